The van der Waals surface area contributed by atoms with Crippen LogP contribution in [-0.4, -0.2) is 25.3 Å². The first-order valence-corrected chi connectivity index (χ1v) is 7.39. The highest BCUT2D eigenvalue weighted by Gasteiger charge is 2.11. The Morgan fingerprint density at radius 2 is 2.00 bits per heavy atom. The van der Waals surface area contributed by atoms with Gasteiger partial charge in [-0.05, 0) is 43.7 Å². The van der Waals surface area contributed by atoms with Gasteiger partial charge in [0.15, 0.2) is 0 Å². The van der Waals surface area contributed by atoms with Crippen LogP contribution in [0, 0.1) is 6.92 Å². The third-order valence-electron chi connectivity index (χ3n) is 3.31. The van der Waals surface area contributed by atoms with Crippen LogP contribution in [0.5, 0.6) is 5.75 Å². The molecular formula is C18H21N3O2. The van der Waals surface area contributed by atoms with Crippen LogP contribution in [0.25, 0.3) is 0 Å². The van der Waals surface area contributed by atoms with E-state index in [1.807, 2.05) is 55.5 Å². The third kappa shape index (κ3) is 4.85. The van der Waals surface area contributed by atoms with Gasteiger partial charge < -0.3 is 10.1 Å². The summed E-state index contributed by atoms with van der Waals surface area (Å²) in [6, 6.07) is 14.9. The van der Waals surface area contributed by atoms with Gasteiger partial charge >= 0.3 is 0 Å². The van der Waals surface area contributed by atoms with Crippen LogP contribution in [0.4, 0.5) is 5.69 Å². The molecular weight excluding hydrogens is 290 g/mol. The highest BCUT2D eigenvalue weighted by Crippen LogP contribution is 2.14. The molecule has 23 heavy (non-hydrogen) atoms. The molecule has 0 radical (unpaired) electrons. The number of carbonyl (C=O) groups is 1. The van der Waals surface area contributed by atoms with Crippen LogP contribution >= 0.6 is 0 Å². The molecule has 120 valence electrons. The second-order valence-corrected chi connectivity index (χ2v) is 5.21. The lowest BCUT2D eigenvalue weighted by molar-refractivity contribution is -0.121. The number of carbonyl (C=O) groups excluding carboxylic acids is 1. The van der Waals surface area contributed by atoms with E-state index in [0.717, 1.165) is 16.8 Å². The molecule has 0 spiro atoms. The fourth-order valence-corrected chi connectivity index (χ4v) is 2.09. The number of para-hydroxylation sites is 1. The smallest absolute Gasteiger partial charge is 0.262 e. The van der Waals surface area contributed by atoms with Gasteiger partial charge in [0.25, 0.3) is 5.91 Å². The lowest BCUT2D eigenvalue weighted by Gasteiger charge is -2.13. The average Bonchev–Trinajstić information content (AvgIpc) is 2.55. The predicted octanol–water partition coefficient (Wildman–Crippen LogP) is 2.95. The molecule has 0 aromatic heterocycles. The maximum absolute atomic E-state index is 12.1. The third-order valence-corrected chi connectivity index (χ3v) is 3.31. The second-order valence-electron chi connectivity index (χ2n) is 5.21. The quantitative estimate of drug-likeness (QED) is 0.637. The number of benzene rings is 2. The monoisotopic (exact) mass is 311 g/mol. The topological polar surface area (TPSA) is 62.7 Å². The molecule has 1 amide bonds. The number of nitrogens with zero attached hydrogens (tertiary/aromatic N) is 1. The number of ether oxygens (including phenoxy) is 1. The van der Waals surface area contributed by atoms with Gasteiger partial charge in [0.05, 0.1) is 13.3 Å². The molecule has 0 heterocycles. The zero-order valence-electron chi connectivity index (χ0n) is 13.5. The number of nitrogens with one attached hydrogen (secondary N) is 2. The van der Waals surface area contributed by atoms with E-state index in [9.17, 15) is 4.79 Å². The first-order chi connectivity index (χ1) is 11.1. The summed E-state index contributed by atoms with van der Waals surface area (Å²) in [7, 11) is 1.60. The minimum absolute atomic E-state index is 0.211. The standard InChI is InChI=1S/C18H21N3O2/c1-13-7-6-9-16(11-13)20-14(2)18(22)21-19-12-15-8-4-5-10-17(15)23-3/h4-12,14,20H,1-3H3,(H,21,22)/b19-12-/t14-/m0/s1. The van der Waals surface area contributed by atoms with Crippen molar-refractivity contribution in [3.8, 4) is 5.75 Å². The lowest BCUT2D eigenvalue weighted by Crippen LogP contribution is -2.34. The highest BCUT2D eigenvalue weighted by molar-refractivity contribution is 5.87. The Labute approximate surface area is 136 Å². The molecule has 0 bridgehead atoms. The van der Waals surface area contributed by atoms with Crippen LogP contribution in [0.3, 0.4) is 0 Å². The van der Waals surface area contributed by atoms with Crippen molar-refractivity contribution < 1.29 is 9.53 Å². The molecule has 2 aromatic carbocycles. The minimum atomic E-state index is -0.397. The van der Waals surface area contributed by atoms with Crippen LogP contribution in [0.2, 0.25) is 0 Å². The average molecular weight is 311 g/mol. The van der Waals surface area contributed by atoms with Crippen LogP contribution in [0.1, 0.15) is 18.1 Å². The van der Waals surface area contributed by atoms with Crippen molar-refractivity contribution in [1.82, 2.24) is 5.43 Å². The van der Waals surface area contributed by atoms with Gasteiger partial charge in [-0.15, -0.1) is 0 Å². The molecule has 5 nitrogen and oxygen atoms in total. The zero-order chi connectivity index (χ0) is 16.7. The summed E-state index contributed by atoms with van der Waals surface area (Å²) in [5.41, 5.74) is 5.37. The van der Waals surface area contributed by atoms with Crippen molar-refractivity contribution in [3.05, 3.63) is 59.7 Å². The number of hydrazone groups is 1. The molecule has 0 aliphatic heterocycles. The van der Waals surface area contributed by atoms with Crippen LogP contribution in [-0.2, 0) is 4.79 Å². The number of methoxy groups -OCH3 is 1. The van der Waals surface area contributed by atoms with Gasteiger partial charge in [-0.2, -0.15) is 5.10 Å². The van der Waals surface area contributed by atoms with Gasteiger partial charge in [-0.1, -0.05) is 24.3 Å². The van der Waals surface area contributed by atoms with E-state index >= 15 is 0 Å². The molecule has 2 aromatic rings. The summed E-state index contributed by atoms with van der Waals surface area (Å²) in [6.45, 7) is 3.80. The van der Waals surface area contributed by atoms with Gasteiger partial charge in [-0.25, -0.2) is 5.43 Å². The van der Waals surface area contributed by atoms with E-state index in [2.05, 4.69) is 15.8 Å². The Hall–Kier alpha value is -2.82. The maximum atomic E-state index is 12.1. The van der Waals surface area contributed by atoms with E-state index in [4.69, 9.17) is 4.74 Å². The van der Waals surface area contributed by atoms with Crippen molar-refractivity contribution in [3.63, 3.8) is 0 Å². The van der Waals surface area contributed by atoms with E-state index in [0.29, 0.717) is 5.75 Å². The van der Waals surface area contributed by atoms with Gasteiger partial charge in [0.2, 0.25) is 0 Å². The molecule has 0 fully saturated rings. The molecule has 0 unspecified atom stereocenters. The molecule has 0 saturated carbocycles. The summed E-state index contributed by atoms with van der Waals surface area (Å²) in [6.07, 6.45) is 1.57. The fraction of sp³-hybridized carbons (Fsp3) is 0.222. The van der Waals surface area contributed by atoms with E-state index < -0.39 is 6.04 Å². The van der Waals surface area contributed by atoms with E-state index in [1.165, 1.54) is 0 Å². The maximum Gasteiger partial charge on any atom is 0.262 e. The summed E-state index contributed by atoms with van der Waals surface area (Å²) >= 11 is 0. The van der Waals surface area contributed by atoms with Gasteiger partial charge in [0, 0.05) is 11.3 Å². The number of rotatable bonds is 6. The Morgan fingerprint density at radius 3 is 2.74 bits per heavy atom. The Bertz CT molecular complexity index is 698. The van der Waals surface area contributed by atoms with E-state index in [-0.39, 0.29) is 5.91 Å². The van der Waals surface area contributed by atoms with Crippen molar-refractivity contribution in [2.75, 3.05) is 12.4 Å². The minimum Gasteiger partial charge on any atom is -0.496 e. The normalized spacial score (nSPS) is 12.0. The van der Waals surface area contributed by atoms with E-state index in [1.54, 1.807) is 20.2 Å². The van der Waals surface area contributed by atoms with Crippen molar-refractivity contribution in [1.29, 1.82) is 0 Å². The lowest BCUT2D eigenvalue weighted by atomic mass is 10.2. The molecule has 2 N–H and O–H groups in total. The van der Waals surface area contributed by atoms with Crippen molar-refractivity contribution in [2.24, 2.45) is 5.10 Å². The zero-order valence-corrected chi connectivity index (χ0v) is 13.5. The Kier molecular flexibility index (Phi) is 5.74. The molecule has 0 aliphatic rings. The fourth-order valence-electron chi connectivity index (χ4n) is 2.09. The van der Waals surface area contributed by atoms with Crippen LogP contribution in [0.15, 0.2) is 53.6 Å². The summed E-state index contributed by atoms with van der Waals surface area (Å²) in [5.74, 6) is 0.495. The van der Waals surface area contributed by atoms with Crippen molar-refractivity contribution in [2.45, 2.75) is 19.9 Å². The van der Waals surface area contributed by atoms with Gasteiger partial charge in [0.1, 0.15) is 11.8 Å². The predicted molar refractivity (Wildman–Crippen MR) is 93.0 cm³/mol. The van der Waals surface area contributed by atoms with Crippen molar-refractivity contribution >= 4 is 17.8 Å². The SMILES string of the molecule is COc1ccccc1/C=N\NC(=O)[C@H](C)Nc1cccc(C)c1. The summed E-state index contributed by atoms with van der Waals surface area (Å²) in [4.78, 5) is 12.1. The molecule has 0 aliphatic carbocycles. The number of anilines is 1. The first kappa shape index (κ1) is 16.5. The number of amides is 1. The Morgan fingerprint density at radius 1 is 1.22 bits per heavy atom. The first-order valence-electron chi connectivity index (χ1n) is 7.39. The second kappa shape index (κ2) is 7.98. The molecule has 0 saturated heterocycles. The molecule has 2 rings (SSSR count). The Balaban J connectivity index is 1.92. The highest BCUT2D eigenvalue weighted by atomic mass is 16.5. The van der Waals surface area contributed by atoms with Gasteiger partial charge in [-0.3, -0.25) is 4.79 Å². The number of hydrogen-bond donors (Lipinski definition) is 2. The summed E-state index contributed by atoms with van der Waals surface area (Å²) in [5, 5.41) is 7.13. The summed E-state index contributed by atoms with van der Waals surface area (Å²) < 4.78 is 5.22. The largest absolute Gasteiger partial charge is 0.496 e. The number of aryl methyl sites for hydroxylation is 1. The molecule has 1 atom stereocenters. The molecule has 5 heteroatoms. The number of hydrogen-bond acceptors (Lipinski definition) is 4. The van der Waals surface area contributed by atoms with Crippen LogP contribution < -0.4 is 15.5 Å².